The molecule has 7 nitrogen and oxygen atoms in total. The molecule has 2 aromatic heterocycles. The number of aromatic nitrogens is 3. The first-order valence-corrected chi connectivity index (χ1v) is 16.0. The van der Waals surface area contributed by atoms with Gasteiger partial charge < -0.3 is 14.6 Å². The molecule has 3 heterocycles. The van der Waals surface area contributed by atoms with E-state index in [1.807, 2.05) is 63.8 Å². The summed E-state index contributed by atoms with van der Waals surface area (Å²) in [6, 6.07) is 23.0. The molecule has 0 radical (unpaired) electrons. The highest BCUT2D eigenvalue weighted by atomic mass is 32.1. The number of carbonyl (C=O) groups is 1. The highest BCUT2D eigenvalue weighted by Crippen LogP contribution is 2.45. The van der Waals surface area contributed by atoms with Crippen molar-refractivity contribution >= 4 is 38.4 Å². The molecule has 1 N–H and O–H groups in total. The second-order valence-electron chi connectivity index (χ2n) is 12.7. The molecule has 0 amide bonds. The number of fused-ring (bicyclic) bond motifs is 3. The van der Waals surface area contributed by atoms with Crippen molar-refractivity contribution in [3.63, 3.8) is 0 Å². The summed E-state index contributed by atoms with van der Waals surface area (Å²) >= 11 is 1.58. The molecule has 0 bridgehead atoms. The standard InChI is InChI=1S/C37H35N3O4S/c1-21-16-28-34(45-35(39-28)26-9-6-8-22(17-26)23-11-13-29-27(18-23)20-38-40(29)5)32(31(21)33(36(41)42)44-37(2,3)4)25-12-14-30-24(19-25)10-7-15-43-30/h6,8-9,11-14,16-20,33H,7,10,15H2,1-5H3,(H,41,42)/t33-/m0/s1. The highest BCUT2D eigenvalue weighted by molar-refractivity contribution is 7.22. The summed E-state index contributed by atoms with van der Waals surface area (Å²) in [7, 11) is 1.95. The molecular weight excluding hydrogens is 582 g/mol. The van der Waals surface area contributed by atoms with Gasteiger partial charge in [0, 0.05) is 29.1 Å². The van der Waals surface area contributed by atoms with E-state index >= 15 is 0 Å². The Kier molecular flexibility index (Phi) is 7.22. The molecule has 45 heavy (non-hydrogen) atoms. The Bertz CT molecular complexity index is 2100. The third-order valence-electron chi connectivity index (χ3n) is 8.27. The van der Waals surface area contributed by atoms with Crippen LogP contribution in [-0.2, 0) is 23.0 Å². The molecule has 0 spiro atoms. The first-order valence-electron chi connectivity index (χ1n) is 15.2. The fourth-order valence-corrected chi connectivity index (χ4v) is 7.36. The molecule has 0 saturated heterocycles. The Balaban J connectivity index is 1.41. The van der Waals surface area contributed by atoms with E-state index < -0.39 is 17.7 Å². The van der Waals surface area contributed by atoms with Crippen LogP contribution in [-0.4, -0.2) is 38.0 Å². The van der Waals surface area contributed by atoms with E-state index in [1.54, 1.807) is 11.3 Å². The maximum atomic E-state index is 12.8. The molecule has 6 aromatic rings. The largest absolute Gasteiger partial charge is 0.493 e. The number of ether oxygens (including phenoxy) is 2. The minimum Gasteiger partial charge on any atom is -0.493 e. The molecule has 0 unspecified atom stereocenters. The molecule has 8 heteroatoms. The van der Waals surface area contributed by atoms with Crippen LogP contribution in [0.3, 0.4) is 0 Å². The lowest BCUT2D eigenvalue weighted by Crippen LogP contribution is -2.28. The lowest BCUT2D eigenvalue weighted by atomic mass is 9.89. The maximum absolute atomic E-state index is 12.8. The second-order valence-corrected chi connectivity index (χ2v) is 13.7. The first-order chi connectivity index (χ1) is 21.6. The molecule has 1 aliphatic rings. The van der Waals surface area contributed by atoms with Crippen molar-refractivity contribution in [3.8, 4) is 38.6 Å². The smallest absolute Gasteiger partial charge is 0.337 e. The Morgan fingerprint density at radius 3 is 2.60 bits per heavy atom. The minimum absolute atomic E-state index is 0.662. The Morgan fingerprint density at radius 1 is 1.02 bits per heavy atom. The number of carboxylic acids is 1. The molecule has 0 saturated carbocycles. The van der Waals surface area contributed by atoms with Crippen molar-refractivity contribution < 1.29 is 19.4 Å². The van der Waals surface area contributed by atoms with Crippen molar-refractivity contribution in [2.75, 3.05) is 6.61 Å². The van der Waals surface area contributed by atoms with Gasteiger partial charge in [0.15, 0.2) is 6.10 Å². The van der Waals surface area contributed by atoms with Crippen molar-refractivity contribution in [1.82, 2.24) is 14.8 Å². The van der Waals surface area contributed by atoms with Gasteiger partial charge in [-0.2, -0.15) is 5.10 Å². The number of thiazole rings is 1. The fourth-order valence-electron chi connectivity index (χ4n) is 6.24. The average molecular weight is 618 g/mol. The average Bonchev–Trinajstić information content (AvgIpc) is 3.61. The van der Waals surface area contributed by atoms with Crippen molar-refractivity contribution in [3.05, 3.63) is 89.6 Å². The number of hydrogen-bond donors (Lipinski definition) is 1. The van der Waals surface area contributed by atoms with Gasteiger partial charge in [0.1, 0.15) is 10.8 Å². The topological polar surface area (TPSA) is 86.5 Å². The van der Waals surface area contributed by atoms with Crippen LogP contribution >= 0.6 is 11.3 Å². The molecule has 1 aliphatic heterocycles. The van der Waals surface area contributed by atoms with Crippen molar-refractivity contribution in [2.24, 2.45) is 7.05 Å². The summed E-state index contributed by atoms with van der Waals surface area (Å²) in [5, 5.41) is 16.8. The predicted octanol–water partition coefficient (Wildman–Crippen LogP) is 8.76. The van der Waals surface area contributed by atoms with E-state index in [-0.39, 0.29) is 0 Å². The molecule has 228 valence electrons. The number of benzene rings is 4. The number of hydrogen-bond acceptors (Lipinski definition) is 6. The lowest BCUT2D eigenvalue weighted by Gasteiger charge is -2.28. The van der Waals surface area contributed by atoms with Gasteiger partial charge in [-0.3, -0.25) is 4.68 Å². The number of rotatable bonds is 6. The van der Waals surface area contributed by atoms with E-state index in [4.69, 9.17) is 14.5 Å². The monoisotopic (exact) mass is 617 g/mol. The van der Waals surface area contributed by atoms with E-state index in [2.05, 4.69) is 53.6 Å². The molecule has 0 aliphatic carbocycles. The molecule has 7 rings (SSSR count). The van der Waals surface area contributed by atoms with Gasteiger partial charge in [-0.15, -0.1) is 11.3 Å². The molecule has 1 atom stereocenters. The van der Waals surface area contributed by atoms with Crippen LogP contribution in [0, 0.1) is 6.92 Å². The summed E-state index contributed by atoms with van der Waals surface area (Å²) in [5.41, 5.74) is 8.89. The van der Waals surface area contributed by atoms with Crippen molar-refractivity contribution in [1.29, 1.82) is 0 Å². The number of nitrogens with zero attached hydrogens (tertiary/aromatic N) is 3. The number of carboxylic acid groups (broad SMARTS) is 1. The summed E-state index contributed by atoms with van der Waals surface area (Å²) in [5.74, 6) is -0.125. The van der Waals surface area contributed by atoms with Gasteiger partial charge in [0.2, 0.25) is 0 Å². The van der Waals surface area contributed by atoms with Gasteiger partial charge in [0.05, 0.1) is 34.1 Å². The van der Waals surface area contributed by atoms with Gasteiger partial charge in [-0.1, -0.05) is 30.3 Å². The number of aliphatic carboxylic acids is 1. The van der Waals surface area contributed by atoms with Gasteiger partial charge >= 0.3 is 5.97 Å². The summed E-state index contributed by atoms with van der Waals surface area (Å²) in [4.78, 5) is 17.9. The normalized spacial score (nSPS) is 14.0. The summed E-state index contributed by atoms with van der Waals surface area (Å²) in [6.45, 7) is 8.32. The SMILES string of the molecule is Cc1cc2nc(-c3cccc(-c4ccc5c(cnn5C)c4)c3)sc2c(-c2ccc3c(c2)CCCO3)c1[C@H](OC(C)(C)C)C(=O)O. The van der Waals surface area contributed by atoms with Crippen LogP contribution in [0.25, 0.3) is 53.9 Å². The van der Waals surface area contributed by atoms with Gasteiger partial charge in [0.25, 0.3) is 0 Å². The Hall–Kier alpha value is -4.53. The first kappa shape index (κ1) is 29.2. The molecule has 0 fully saturated rings. The minimum atomic E-state index is -1.15. The highest BCUT2D eigenvalue weighted by Gasteiger charge is 2.32. The Morgan fingerprint density at radius 2 is 1.80 bits per heavy atom. The zero-order chi connectivity index (χ0) is 31.5. The van der Waals surface area contributed by atoms with E-state index in [0.29, 0.717) is 12.2 Å². The lowest BCUT2D eigenvalue weighted by molar-refractivity contribution is -0.160. The molecule has 4 aromatic carbocycles. The van der Waals surface area contributed by atoms with Gasteiger partial charge in [-0.25, -0.2) is 9.78 Å². The summed E-state index contributed by atoms with van der Waals surface area (Å²) in [6.07, 6.45) is 2.61. The third kappa shape index (κ3) is 5.49. The predicted molar refractivity (Wildman–Crippen MR) is 180 cm³/mol. The van der Waals surface area contributed by atoms with Crippen LogP contribution < -0.4 is 4.74 Å². The quantitative estimate of drug-likeness (QED) is 0.201. The third-order valence-corrected chi connectivity index (χ3v) is 9.41. The van der Waals surface area contributed by atoms with Gasteiger partial charge in [-0.05, 0) is 105 Å². The van der Waals surface area contributed by atoms with E-state index in [0.717, 1.165) is 83.7 Å². The van der Waals surface area contributed by atoms with Crippen LogP contribution in [0.5, 0.6) is 5.75 Å². The van der Waals surface area contributed by atoms with Crippen molar-refractivity contribution in [2.45, 2.75) is 52.2 Å². The maximum Gasteiger partial charge on any atom is 0.337 e. The number of aryl methyl sites for hydroxylation is 3. The second kappa shape index (κ2) is 11.1. The zero-order valence-electron chi connectivity index (χ0n) is 26.0. The molecular formula is C37H35N3O4S. The summed E-state index contributed by atoms with van der Waals surface area (Å²) < 4.78 is 15.0. The zero-order valence-corrected chi connectivity index (χ0v) is 26.9. The van der Waals surface area contributed by atoms with E-state index in [1.165, 1.54) is 0 Å². The van der Waals surface area contributed by atoms with Crippen LogP contribution in [0.2, 0.25) is 0 Å². The fraction of sp³-hybridized carbons (Fsp3) is 0.270. The van der Waals surface area contributed by atoms with Crippen LogP contribution in [0.4, 0.5) is 0 Å². The van der Waals surface area contributed by atoms with Crippen LogP contribution in [0.1, 0.15) is 50.0 Å². The van der Waals surface area contributed by atoms with Crippen LogP contribution in [0.15, 0.2) is 72.9 Å². The van der Waals surface area contributed by atoms with E-state index in [9.17, 15) is 9.90 Å². The Labute approximate surface area is 266 Å².